The quantitative estimate of drug-likeness (QED) is 0.631. The van der Waals surface area contributed by atoms with E-state index >= 15 is 0 Å². The van der Waals surface area contributed by atoms with E-state index in [9.17, 15) is 18.4 Å². The summed E-state index contributed by atoms with van der Waals surface area (Å²) in [6, 6.07) is 5.07. The number of hydrogen-bond donors (Lipinski definition) is 2. The van der Waals surface area contributed by atoms with Crippen molar-refractivity contribution in [2.45, 2.75) is 50.9 Å². The van der Waals surface area contributed by atoms with Crippen LogP contribution >= 0.6 is 0 Å². The van der Waals surface area contributed by atoms with Gasteiger partial charge < -0.3 is 15.6 Å². The summed E-state index contributed by atoms with van der Waals surface area (Å²) in [6.45, 7) is 0.668. The van der Waals surface area contributed by atoms with E-state index in [1.165, 1.54) is 12.3 Å². The third-order valence-electron chi connectivity index (χ3n) is 6.56. The zero-order chi connectivity index (χ0) is 23.2. The third kappa shape index (κ3) is 4.07. The monoisotopic (exact) mass is 453 g/mol. The van der Waals surface area contributed by atoms with Gasteiger partial charge >= 0.3 is 0 Å². The molecule has 3 aromatic heterocycles. The lowest BCUT2D eigenvalue weighted by atomic mass is 9.93. The molecule has 0 bridgehead atoms. The number of primary amides is 1. The van der Waals surface area contributed by atoms with Crippen LogP contribution in [-0.4, -0.2) is 39.9 Å². The van der Waals surface area contributed by atoms with Crippen LogP contribution in [0.25, 0.3) is 22.2 Å². The van der Waals surface area contributed by atoms with Gasteiger partial charge in [-0.25, -0.2) is 13.8 Å². The molecule has 1 aliphatic heterocycles. The second-order valence-corrected chi connectivity index (χ2v) is 8.86. The van der Waals surface area contributed by atoms with Crippen molar-refractivity contribution in [3.05, 3.63) is 51.6 Å². The van der Waals surface area contributed by atoms with Crippen molar-refractivity contribution in [2.75, 3.05) is 18.0 Å². The number of nitrogens with one attached hydrogen (secondary N) is 1. The highest BCUT2D eigenvalue weighted by atomic mass is 19.3. The number of aromatic nitrogens is 3. The Morgan fingerprint density at radius 3 is 2.76 bits per heavy atom. The van der Waals surface area contributed by atoms with Gasteiger partial charge in [0.2, 0.25) is 5.92 Å². The number of nitrogens with two attached hydrogens (primary N) is 1. The number of anilines is 1. The molecular weight excluding hydrogens is 428 g/mol. The van der Waals surface area contributed by atoms with Crippen LogP contribution in [0.1, 0.15) is 53.8 Å². The molecule has 3 aromatic rings. The lowest BCUT2D eigenvalue weighted by Crippen LogP contribution is -2.28. The normalized spacial score (nSPS) is 18.1. The number of carbonyl (C=O) groups is 1. The number of nitrogens with zero attached hydrogens (tertiary/aromatic N) is 3. The van der Waals surface area contributed by atoms with Gasteiger partial charge in [0, 0.05) is 49.5 Å². The fraction of sp³-hybridized carbons (Fsp3) is 0.417. The van der Waals surface area contributed by atoms with Gasteiger partial charge in [-0.05, 0) is 49.8 Å². The number of carbonyl (C=O) groups excluding carboxylic acids is 1. The highest BCUT2D eigenvalue weighted by molar-refractivity contribution is 6.03. The standard InChI is InChI=1S/C24H25F2N5O2/c25-24(26)7-3-10-31(11-8-24)23-15(12-14-4-1-2-5-16(14)30-23)18-13-19(32)20-17(29-18)6-9-28-21(20)22(27)33/h6,9,12-13H,1-5,7-8,10-11H2,(H2,27,33)(H,29,32). The number of halogens is 2. The fourth-order valence-electron chi connectivity index (χ4n) is 4.87. The number of alkyl halides is 2. The summed E-state index contributed by atoms with van der Waals surface area (Å²) in [5.41, 5.74) is 8.72. The van der Waals surface area contributed by atoms with Crippen molar-refractivity contribution in [1.29, 1.82) is 0 Å². The van der Waals surface area contributed by atoms with E-state index in [0.717, 1.165) is 36.9 Å². The topological polar surface area (TPSA) is 105 Å². The molecule has 0 saturated carbocycles. The van der Waals surface area contributed by atoms with E-state index in [1.807, 2.05) is 11.0 Å². The average molecular weight is 453 g/mol. The van der Waals surface area contributed by atoms with E-state index in [2.05, 4.69) is 9.97 Å². The maximum atomic E-state index is 14.0. The Labute approximate surface area is 189 Å². The van der Waals surface area contributed by atoms with Gasteiger partial charge in [0.05, 0.1) is 16.6 Å². The summed E-state index contributed by atoms with van der Waals surface area (Å²) in [5.74, 6) is -2.84. The maximum absolute atomic E-state index is 14.0. The van der Waals surface area contributed by atoms with Crippen LogP contribution in [0.15, 0.2) is 29.2 Å². The molecule has 0 spiro atoms. The minimum atomic E-state index is -2.68. The molecule has 5 rings (SSSR count). The number of amides is 1. The van der Waals surface area contributed by atoms with Crippen molar-refractivity contribution in [3.63, 3.8) is 0 Å². The Morgan fingerprint density at radius 2 is 1.94 bits per heavy atom. The van der Waals surface area contributed by atoms with Crippen LogP contribution in [0.5, 0.6) is 0 Å². The molecule has 0 aromatic carbocycles. The zero-order valence-electron chi connectivity index (χ0n) is 18.2. The molecule has 1 fully saturated rings. The molecule has 1 saturated heterocycles. The first-order chi connectivity index (χ1) is 15.8. The Balaban J connectivity index is 1.68. The zero-order valence-corrected chi connectivity index (χ0v) is 18.2. The first-order valence-electron chi connectivity index (χ1n) is 11.3. The van der Waals surface area contributed by atoms with E-state index in [-0.39, 0.29) is 35.9 Å². The number of hydrogen-bond acceptors (Lipinski definition) is 5. The minimum Gasteiger partial charge on any atom is -0.364 e. The number of H-pyrrole nitrogens is 1. The second-order valence-electron chi connectivity index (χ2n) is 8.86. The first kappa shape index (κ1) is 21.5. The summed E-state index contributed by atoms with van der Waals surface area (Å²) < 4.78 is 28.1. The van der Waals surface area contributed by atoms with E-state index < -0.39 is 11.8 Å². The summed E-state index contributed by atoms with van der Waals surface area (Å²) in [7, 11) is 0. The second kappa shape index (κ2) is 8.20. The fourth-order valence-corrected chi connectivity index (χ4v) is 4.87. The molecule has 4 heterocycles. The predicted molar refractivity (Wildman–Crippen MR) is 122 cm³/mol. The lowest BCUT2D eigenvalue weighted by molar-refractivity contribution is -0.0102. The van der Waals surface area contributed by atoms with E-state index in [0.29, 0.717) is 35.6 Å². The number of fused-ring (bicyclic) bond motifs is 2. The van der Waals surface area contributed by atoms with Gasteiger partial charge in [0.25, 0.3) is 5.91 Å². The van der Waals surface area contributed by atoms with Crippen molar-refractivity contribution < 1.29 is 13.6 Å². The molecule has 7 nitrogen and oxygen atoms in total. The molecule has 0 atom stereocenters. The lowest BCUT2D eigenvalue weighted by Gasteiger charge is -2.27. The van der Waals surface area contributed by atoms with Crippen molar-refractivity contribution in [2.24, 2.45) is 5.73 Å². The molecule has 9 heteroatoms. The van der Waals surface area contributed by atoms with Crippen LogP contribution < -0.4 is 16.1 Å². The van der Waals surface area contributed by atoms with Crippen LogP contribution in [-0.2, 0) is 12.8 Å². The molecule has 1 aliphatic carbocycles. The van der Waals surface area contributed by atoms with Crippen molar-refractivity contribution in [3.8, 4) is 11.3 Å². The molecule has 1 amide bonds. The Kier molecular flexibility index (Phi) is 5.34. The molecule has 33 heavy (non-hydrogen) atoms. The third-order valence-corrected chi connectivity index (χ3v) is 6.56. The molecular formula is C24H25F2N5O2. The number of pyridine rings is 3. The molecule has 0 radical (unpaired) electrons. The van der Waals surface area contributed by atoms with Gasteiger partial charge in [0.1, 0.15) is 11.5 Å². The van der Waals surface area contributed by atoms with Gasteiger partial charge in [-0.2, -0.15) is 0 Å². The molecule has 3 N–H and O–H groups in total. The summed E-state index contributed by atoms with van der Waals surface area (Å²) in [4.78, 5) is 38.8. The van der Waals surface area contributed by atoms with Crippen LogP contribution in [0.2, 0.25) is 0 Å². The minimum absolute atomic E-state index is 0.0844. The molecule has 172 valence electrons. The first-order valence-corrected chi connectivity index (χ1v) is 11.3. The Bertz CT molecular complexity index is 1300. The molecule has 0 unspecified atom stereocenters. The van der Waals surface area contributed by atoms with Gasteiger partial charge in [-0.3, -0.25) is 14.6 Å². The van der Waals surface area contributed by atoms with Crippen LogP contribution in [0, 0.1) is 0 Å². The van der Waals surface area contributed by atoms with Gasteiger partial charge in [-0.1, -0.05) is 0 Å². The van der Waals surface area contributed by atoms with Crippen molar-refractivity contribution in [1.82, 2.24) is 15.0 Å². The van der Waals surface area contributed by atoms with E-state index in [4.69, 9.17) is 10.7 Å². The number of aryl methyl sites for hydroxylation is 2. The predicted octanol–water partition coefficient (Wildman–Crippen LogP) is 3.59. The smallest absolute Gasteiger partial charge is 0.268 e. The van der Waals surface area contributed by atoms with E-state index in [1.54, 1.807) is 6.07 Å². The van der Waals surface area contributed by atoms with Crippen LogP contribution in [0.4, 0.5) is 14.6 Å². The maximum Gasteiger partial charge on any atom is 0.268 e. The number of rotatable bonds is 3. The summed E-state index contributed by atoms with van der Waals surface area (Å²) in [6.07, 6.45) is 5.28. The number of aromatic amines is 1. The van der Waals surface area contributed by atoms with Crippen LogP contribution in [0.3, 0.4) is 0 Å². The average Bonchev–Trinajstić information content (AvgIpc) is 2.98. The van der Waals surface area contributed by atoms with Gasteiger partial charge in [-0.15, -0.1) is 0 Å². The van der Waals surface area contributed by atoms with Crippen molar-refractivity contribution >= 4 is 22.6 Å². The van der Waals surface area contributed by atoms with Gasteiger partial charge in [0.15, 0.2) is 5.43 Å². The highest BCUT2D eigenvalue weighted by Gasteiger charge is 2.33. The Hall–Kier alpha value is -3.36. The highest BCUT2D eigenvalue weighted by Crippen LogP contribution is 2.36. The largest absolute Gasteiger partial charge is 0.364 e. The molecule has 2 aliphatic rings. The SMILES string of the molecule is NC(=O)c1nccc2[nH]c(-c3cc4c(nc3N3CCCC(F)(F)CC3)CCCC4)cc(=O)c12. The summed E-state index contributed by atoms with van der Waals surface area (Å²) >= 11 is 0. The Morgan fingerprint density at radius 1 is 1.12 bits per heavy atom. The summed E-state index contributed by atoms with van der Waals surface area (Å²) in [5, 5.41) is 0.135.